The molecule has 0 amide bonds. The minimum atomic E-state index is -4.49. The molecular weight excluding hydrogens is 547 g/mol. The van der Waals surface area contributed by atoms with Gasteiger partial charge in [0.15, 0.2) is 11.5 Å². The summed E-state index contributed by atoms with van der Waals surface area (Å²) in [6.45, 7) is 2.51. The van der Waals surface area contributed by atoms with Gasteiger partial charge >= 0.3 is 6.18 Å². The maximum absolute atomic E-state index is 14.4. The fraction of sp³-hybridized carbons (Fsp3) is 0.400. The van der Waals surface area contributed by atoms with E-state index >= 15 is 0 Å². The van der Waals surface area contributed by atoms with Crippen molar-refractivity contribution in [2.45, 2.75) is 37.5 Å². The topological polar surface area (TPSA) is 81.6 Å². The van der Waals surface area contributed by atoms with Crippen molar-refractivity contribution in [3.05, 3.63) is 59.5 Å². The smallest absolute Gasteiger partial charge is 0.384 e. The number of hydrogen-bond donors (Lipinski definition) is 1. The van der Waals surface area contributed by atoms with Gasteiger partial charge in [-0.1, -0.05) is 12.1 Å². The van der Waals surface area contributed by atoms with Crippen LogP contribution in [0.3, 0.4) is 0 Å². The summed E-state index contributed by atoms with van der Waals surface area (Å²) in [6, 6.07) is 7.56. The third kappa shape index (κ3) is 5.86. The first-order valence-electron chi connectivity index (χ1n) is 11.6. The van der Waals surface area contributed by atoms with Gasteiger partial charge in [0.1, 0.15) is 17.6 Å². The van der Waals surface area contributed by atoms with Crippen molar-refractivity contribution in [3.63, 3.8) is 0 Å². The number of ether oxygens (including phenoxy) is 1. The molecule has 2 atom stereocenters. The number of benzene rings is 1. The van der Waals surface area contributed by atoms with Crippen LogP contribution in [-0.4, -0.2) is 63.0 Å². The summed E-state index contributed by atoms with van der Waals surface area (Å²) in [5.74, 6) is -0.0529. The zero-order chi connectivity index (χ0) is 25.7. The molecule has 0 aliphatic carbocycles. The fourth-order valence-electron chi connectivity index (χ4n) is 4.81. The molecular formula is C25H28Cl2F4N6O. The number of alkyl halides is 3. The van der Waals surface area contributed by atoms with Gasteiger partial charge in [-0.05, 0) is 55.2 Å². The van der Waals surface area contributed by atoms with Crippen LogP contribution in [0.1, 0.15) is 30.5 Å². The predicted molar refractivity (Wildman–Crippen MR) is 141 cm³/mol. The van der Waals surface area contributed by atoms with Gasteiger partial charge in [-0.3, -0.25) is 9.30 Å². The van der Waals surface area contributed by atoms with Crippen LogP contribution >= 0.6 is 24.8 Å². The van der Waals surface area contributed by atoms with Crippen LogP contribution in [0.5, 0.6) is 0 Å². The second kappa shape index (κ2) is 11.3. The number of hydrogen-bond acceptors (Lipinski definition) is 6. The average molecular weight is 575 g/mol. The van der Waals surface area contributed by atoms with Crippen LogP contribution in [0.15, 0.2) is 42.6 Å². The third-order valence-electron chi connectivity index (χ3n) is 6.61. The zero-order valence-corrected chi connectivity index (χ0v) is 22.3. The summed E-state index contributed by atoms with van der Waals surface area (Å²) in [4.78, 5) is 5.99. The highest BCUT2D eigenvalue weighted by molar-refractivity contribution is 5.85. The quantitative estimate of drug-likeness (QED) is 0.321. The molecule has 4 heterocycles. The molecule has 3 aromatic heterocycles. The van der Waals surface area contributed by atoms with Gasteiger partial charge in [-0.15, -0.1) is 35.0 Å². The van der Waals surface area contributed by atoms with Crippen LogP contribution < -0.4 is 5.73 Å². The molecule has 38 heavy (non-hydrogen) atoms. The number of likely N-dealkylation sites (tertiary alicyclic amines) is 1. The first-order valence-corrected chi connectivity index (χ1v) is 11.6. The van der Waals surface area contributed by atoms with Crippen molar-refractivity contribution in [2.24, 2.45) is 5.73 Å². The van der Waals surface area contributed by atoms with Crippen LogP contribution in [0.25, 0.3) is 28.1 Å². The number of methoxy groups -OCH3 is 1. The molecule has 0 saturated carbocycles. The lowest BCUT2D eigenvalue weighted by Crippen LogP contribution is -2.43. The number of nitrogens with zero attached hydrogens (tertiary/aromatic N) is 5. The van der Waals surface area contributed by atoms with Crippen LogP contribution in [0.4, 0.5) is 17.6 Å². The van der Waals surface area contributed by atoms with E-state index in [1.54, 1.807) is 32.2 Å². The number of nitrogens with two attached hydrogens (primary N) is 1. The lowest BCUT2D eigenvalue weighted by atomic mass is 10.0. The number of halogens is 6. The zero-order valence-electron chi connectivity index (χ0n) is 20.7. The van der Waals surface area contributed by atoms with Crippen LogP contribution in [0, 0.1) is 5.82 Å². The molecule has 0 radical (unpaired) electrons. The summed E-state index contributed by atoms with van der Waals surface area (Å²) in [6.07, 6.45) is -2.21. The SMILES string of the molecule is COCCc1cc2nc(-c3nnc4ccc([C@H](N5CCC(C)(N)C5)C(F)(F)F)cn34)ccc2cc1F.Cl.Cl. The Kier molecular flexibility index (Phi) is 8.89. The Balaban J connectivity index is 0.00000200. The summed E-state index contributed by atoms with van der Waals surface area (Å²) in [5.41, 5.74) is 7.32. The largest absolute Gasteiger partial charge is 0.408 e. The van der Waals surface area contributed by atoms with Crippen LogP contribution in [0.2, 0.25) is 0 Å². The molecule has 0 spiro atoms. The molecule has 1 aromatic carbocycles. The van der Waals surface area contributed by atoms with E-state index in [2.05, 4.69) is 15.2 Å². The van der Waals surface area contributed by atoms with Gasteiger partial charge in [0.05, 0.1) is 12.1 Å². The van der Waals surface area contributed by atoms with E-state index in [0.717, 1.165) is 0 Å². The van der Waals surface area contributed by atoms with E-state index in [4.69, 9.17) is 10.5 Å². The Morgan fingerprint density at radius 1 is 1.13 bits per heavy atom. The van der Waals surface area contributed by atoms with E-state index in [1.807, 2.05) is 0 Å². The molecule has 2 N–H and O–H groups in total. The lowest BCUT2D eigenvalue weighted by Gasteiger charge is -2.31. The van der Waals surface area contributed by atoms with Crippen LogP contribution in [-0.2, 0) is 11.2 Å². The van der Waals surface area contributed by atoms with Crippen molar-refractivity contribution < 1.29 is 22.3 Å². The van der Waals surface area contributed by atoms with Gasteiger partial charge in [0.2, 0.25) is 0 Å². The first kappa shape index (κ1) is 30.0. The maximum Gasteiger partial charge on any atom is 0.408 e. The molecule has 1 saturated heterocycles. The summed E-state index contributed by atoms with van der Waals surface area (Å²) in [7, 11) is 1.54. The van der Waals surface area contributed by atoms with Crippen molar-refractivity contribution in [3.8, 4) is 11.5 Å². The van der Waals surface area contributed by atoms with Crippen molar-refractivity contribution in [2.75, 3.05) is 26.8 Å². The Morgan fingerprint density at radius 3 is 2.55 bits per heavy atom. The maximum atomic E-state index is 14.4. The van der Waals surface area contributed by atoms with Gasteiger partial charge in [-0.25, -0.2) is 9.37 Å². The minimum absolute atomic E-state index is 0. The number of pyridine rings is 2. The summed E-state index contributed by atoms with van der Waals surface area (Å²) >= 11 is 0. The highest BCUT2D eigenvalue weighted by atomic mass is 35.5. The predicted octanol–water partition coefficient (Wildman–Crippen LogP) is 5.14. The second-order valence-electron chi connectivity index (χ2n) is 9.61. The molecule has 1 fully saturated rings. The highest BCUT2D eigenvalue weighted by Gasteiger charge is 2.48. The monoisotopic (exact) mass is 574 g/mol. The van der Waals surface area contributed by atoms with Gasteiger partial charge in [0.25, 0.3) is 0 Å². The molecule has 5 rings (SSSR count). The van der Waals surface area contributed by atoms with E-state index in [0.29, 0.717) is 53.1 Å². The molecule has 1 aliphatic heterocycles. The standard InChI is InChI=1S/C25H26F4N6O.2ClH/c1-24(30)8-9-34(14-24)22(25(27,28)29)17-4-6-21-32-33-23(35(21)13-17)19-5-3-16-11-18(26)15(7-10-36-2)12-20(16)31-19;;/h3-6,11-13,22H,7-10,14,30H2,1-2H3;2*1H/t22-,24?;;/m0../s1. The summed E-state index contributed by atoms with van der Waals surface area (Å²) in [5, 5.41) is 8.90. The molecule has 7 nitrogen and oxygen atoms in total. The van der Waals surface area contributed by atoms with Gasteiger partial charge in [0, 0.05) is 37.3 Å². The average Bonchev–Trinajstić information content (AvgIpc) is 3.39. The molecule has 13 heteroatoms. The number of aromatic nitrogens is 4. The van der Waals surface area contributed by atoms with Gasteiger partial charge < -0.3 is 10.5 Å². The third-order valence-corrected chi connectivity index (χ3v) is 6.61. The van der Waals surface area contributed by atoms with E-state index < -0.39 is 17.8 Å². The molecule has 206 valence electrons. The molecule has 1 aliphatic rings. The summed E-state index contributed by atoms with van der Waals surface area (Å²) < 4.78 is 63.6. The Labute approximate surface area is 229 Å². The second-order valence-corrected chi connectivity index (χ2v) is 9.61. The number of fused-ring (bicyclic) bond motifs is 2. The molecule has 4 aromatic rings. The lowest BCUT2D eigenvalue weighted by molar-refractivity contribution is -0.184. The molecule has 0 bridgehead atoms. The Morgan fingerprint density at radius 2 is 1.89 bits per heavy atom. The van der Waals surface area contributed by atoms with Gasteiger partial charge in [-0.2, -0.15) is 13.2 Å². The van der Waals surface area contributed by atoms with E-state index in [1.165, 1.54) is 33.7 Å². The van der Waals surface area contributed by atoms with E-state index in [-0.39, 0.29) is 49.3 Å². The molecule has 1 unspecified atom stereocenters. The van der Waals surface area contributed by atoms with Crippen molar-refractivity contribution in [1.29, 1.82) is 0 Å². The van der Waals surface area contributed by atoms with E-state index in [9.17, 15) is 17.6 Å². The fourth-order valence-corrected chi connectivity index (χ4v) is 4.81. The Hall–Kier alpha value is -2.57. The normalized spacial score (nSPS) is 18.9. The Bertz CT molecular complexity index is 1430. The first-order chi connectivity index (χ1) is 17.1. The number of rotatable bonds is 6. The van der Waals surface area contributed by atoms with Crippen molar-refractivity contribution in [1.82, 2.24) is 24.5 Å². The minimum Gasteiger partial charge on any atom is -0.384 e. The highest BCUT2D eigenvalue weighted by Crippen LogP contribution is 2.41. The van der Waals surface area contributed by atoms with Crippen molar-refractivity contribution >= 4 is 41.4 Å².